The first kappa shape index (κ1) is 13.6. The Kier molecular flexibility index (Phi) is 3.70. The van der Waals surface area contributed by atoms with Crippen LogP contribution in [-0.4, -0.2) is 22.5 Å². The van der Waals surface area contributed by atoms with Crippen LogP contribution in [0.5, 0.6) is 17.2 Å². The second-order valence-corrected chi connectivity index (χ2v) is 4.45. The van der Waals surface area contributed by atoms with E-state index in [9.17, 15) is 0 Å². The van der Waals surface area contributed by atoms with E-state index in [2.05, 4.69) is 15.4 Å². The van der Waals surface area contributed by atoms with Gasteiger partial charge >= 0.3 is 0 Å². The fourth-order valence-electron chi connectivity index (χ4n) is 1.99. The van der Waals surface area contributed by atoms with E-state index in [1.54, 1.807) is 7.11 Å². The maximum atomic E-state index is 9.02. The molecule has 0 saturated carbocycles. The fraction of sp³-hybridized carbons (Fsp3) is 0.0625. The normalized spacial score (nSPS) is 10.0. The summed E-state index contributed by atoms with van der Waals surface area (Å²) in [4.78, 5) is 0. The lowest BCUT2D eigenvalue weighted by Crippen LogP contribution is -1.87. The Morgan fingerprint density at radius 2 is 1.82 bits per heavy atom. The van der Waals surface area contributed by atoms with Crippen molar-refractivity contribution in [3.63, 3.8) is 0 Å². The highest BCUT2D eigenvalue weighted by Crippen LogP contribution is 2.28. The van der Waals surface area contributed by atoms with Crippen molar-refractivity contribution < 1.29 is 9.47 Å². The molecule has 6 heteroatoms. The van der Waals surface area contributed by atoms with Gasteiger partial charge < -0.3 is 9.47 Å². The molecule has 0 spiro atoms. The van der Waals surface area contributed by atoms with Crippen LogP contribution in [0, 0.1) is 11.3 Å². The van der Waals surface area contributed by atoms with E-state index in [4.69, 9.17) is 14.7 Å². The maximum Gasteiger partial charge on any atom is 0.163 e. The van der Waals surface area contributed by atoms with Crippen molar-refractivity contribution in [1.29, 1.82) is 5.26 Å². The number of hydrogen-bond acceptors (Lipinski definition) is 5. The molecule has 0 aliphatic carbocycles. The van der Waals surface area contributed by atoms with Gasteiger partial charge in [-0.3, -0.25) is 0 Å². The Labute approximate surface area is 126 Å². The van der Waals surface area contributed by atoms with E-state index in [1.165, 1.54) is 0 Å². The minimum Gasteiger partial charge on any atom is -0.497 e. The minimum absolute atomic E-state index is 0.321. The van der Waals surface area contributed by atoms with Gasteiger partial charge in [-0.05, 0) is 36.4 Å². The first-order valence-corrected chi connectivity index (χ1v) is 6.53. The number of benzene rings is 2. The predicted octanol–water partition coefficient (Wildman–Crippen LogP) is 3.14. The van der Waals surface area contributed by atoms with Gasteiger partial charge in [0.25, 0.3) is 0 Å². The van der Waals surface area contributed by atoms with Gasteiger partial charge in [-0.1, -0.05) is 17.3 Å². The molecule has 6 nitrogen and oxygen atoms in total. The molecule has 3 rings (SSSR count). The van der Waals surface area contributed by atoms with Gasteiger partial charge in [0.1, 0.15) is 29.0 Å². The van der Waals surface area contributed by atoms with Crippen molar-refractivity contribution in [3.8, 4) is 34.6 Å². The molecule has 0 saturated heterocycles. The van der Waals surface area contributed by atoms with Crippen LogP contribution in [0.1, 0.15) is 5.69 Å². The number of rotatable bonds is 4. The Morgan fingerprint density at radius 1 is 1.05 bits per heavy atom. The molecule has 0 bridgehead atoms. The molecule has 2 aromatic carbocycles. The fourth-order valence-corrected chi connectivity index (χ4v) is 1.99. The first-order valence-electron chi connectivity index (χ1n) is 6.53. The summed E-state index contributed by atoms with van der Waals surface area (Å²) in [6.07, 6.45) is 0. The molecule has 0 aliphatic heterocycles. The van der Waals surface area contributed by atoms with Crippen molar-refractivity contribution >= 4 is 0 Å². The van der Waals surface area contributed by atoms with Crippen LogP contribution in [0.3, 0.4) is 0 Å². The lowest BCUT2D eigenvalue weighted by atomic mass is 10.1. The summed E-state index contributed by atoms with van der Waals surface area (Å²) < 4.78 is 10.9. The summed E-state index contributed by atoms with van der Waals surface area (Å²) in [6, 6.07) is 16.6. The number of ether oxygens (including phenoxy) is 2. The van der Waals surface area contributed by atoms with Crippen LogP contribution in [0.15, 0.2) is 48.5 Å². The summed E-state index contributed by atoms with van der Waals surface area (Å²) >= 11 is 0. The molecular weight excluding hydrogens is 280 g/mol. The molecule has 0 unspecified atom stereocenters. The van der Waals surface area contributed by atoms with Gasteiger partial charge in [0.15, 0.2) is 5.69 Å². The molecule has 1 heterocycles. The van der Waals surface area contributed by atoms with Crippen LogP contribution < -0.4 is 9.47 Å². The number of methoxy groups -OCH3 is 1. The lowest BCUT2D eigenvalue weighted by Gasteiger charge is -2.07. The zero-order valence-electron chi connectivity index (χ0n) is 11.8. The molecule has 108 valence electrons. The highest BCUT2D eigenvalue weighted by Gasteiger charge is 2.10. The molecular formula is C16H12N4O2. The van der Waals surface area contributed by atoms with Crippen LogP contribution in [0.25, 0.3) is 11.3 Å². The molecule has 1 N–H and O–H groups in total. The smallest absolute Gasteiger partial charge is 0.163 e. The van der Waals surface area contributed by atoms with Crippen molar-refractivity contribution in [1.82, 2.24) is 15.4 Å². The predicted molar refractivity (Wildman–Crippen MR) is 79.6 cm³/mol. The molecule has 0 amide bonds. The summed E-state index contributed by atoms with van der Waals surface area (Å²) in [6.45, 7) is 0. The monoisotopic (exact) mass is 292 g/mol. The average molecular weight is 292 g/mol. The first-order chi connectivity index (χ1) is 10.8. The third kappa shape index (κ3) is 2.74. The zero-order chi connectivity index (χ0) is 15.4. The number of nitriles is 1. The van der Waals surface area contributed by atoms with Gasteiger partial charge in [-0.25, -0.2) is 5.10 Å². The van der Waals surface area contributed by atoms with Crippen molar-refractivity contribution in [3.05, 3.63) is 54.2 Å². The second-order valence-electron chi connectivity index (χ2n) is 4.45. The summed E-state index contributed by atoms with van der Waals surface area (Å²) in [5.41, 5.74) is 1.58. The number of hydrogen-bond donors (Lipinski definition) is 1. The maximum absolute atomic E-state index is 9.02. The standard InChI is InChI=1S/C16H12N4O2/c1-21-12-5-7-13(8-6-12)22-14-4-2-3-11(9-14)16-15(10-17)18-20-19-16/h2-9H,1H3,(H,18,19,20). The molecule has 0 radical (unpaired) electrons. The van der Waals surface area contributed by atoms with Gasteiger partial charge in [0, 0.05) is 5.56 Å². The Balaban J connectivity index is 1.86. The second kappa shape index (κ2) is 5.97. The number of H-pyrrole nitrogens is 1. The van der Waals surface area contributed by atoms with E-state index in [1.807, 2.05) is 54.6 Å². The number of aromatic amines is 1. The van der Waals surface area contributed by atoms with Crippen LogP contribution in [0.2, 0.25) is 0 Å². The van der Waals surface area contributed by atoms with Crippen molar-refractivity contribution in [2.24, 2.45) is 0 Å². The SMILES string of the molecule is COc1ccc(Oc2cccc(-c3nn[nH]c3C#N)c2)cc1. The molecule has 0 fully saturated rings. The van der Waals surface area contributed by atoms with Crippen molar-refractivity contribution in [2.75, 3.05) is 7.11 Å². The molecule has 0 aliphatic rings. The molecule has 1 aromatic heterocycles. The largest absolute Gasteiger partial charge is 0.497 e. The van der Waals surface area contributed by atoms with Gasteiger partial charge in [0.2, 0.25) is 0 Å². The van der Waals surface area contributed by atoms with E-state index in [-0.39, 0.29) is 0 Å². The highest BCUT2D eigenvalue weighted by atomic mass is 16.5. The lowest BCUT2D eigenvalue weighted by molar-refractivity contribution is 0.413. The van der Waals surface area contributed by atoms with Crippen LogP contribution in [0.4, 0.5) is 0 Å². The Bertz CT molecular complexity index is 819. The number of aromatic nitrogens is 3. The third-order valence-electron chi connectivity index (χ3n) is 3.06. The van der Waals surface area contributed by atoms with Gasteiger partial charge in [-0.15, -0.1) is 5.10 Å². The highest BCUT2D eigenvalue weighted by molar-refractivity contribution is 5.65. The van der Waals surface area contributed by atoms with E-state index < -0.39 is 0 Å². The molecule has 3 aromatic rings. The average Bonchev–Trinajstić information content (AvgIpc) is 3.04. The van der Waals surface area contributed by atoms with Gasteiger partial charge in [-0.2, -0.15) is 5.26 Å². The van der Waals surface area contributed by atoms with Crippen LogP contribution >= 0.6 is 0 Å². The third-order valence-corrected chi connectivity index (χ3v) is 3.06. The minimum atomic E-state index is 0.321. The molecule has 22 heavy (non-hydrogen) atoms. The van der Waals surface area contributed by atoms with Crippen molar-refractivity contribution in [2.45, 2.75) is 0 Å². The number of nitrogens with one attached hydrogen (secondary N) is 1. The summed E-state index contributed by atoms with van der Waals surface area (Å²) in [7, 11) is 1.62. The Hall–Kier alpha value is -3.33. The van der Waals surface area contributed by atoms with Gasteiger partial charge in [0.05, 0.1) is 7.11 Å². The van der Waals surface area contributed by atoms with E-state index in [0.29, 0.717) is 22.9 Å². The molecule has 0 atom stereocenters. The quantitative estimate of drug-likeness (QED) is 0.798. The Morgan fingerprint density at radius 3 is 2.55 bits per heavy atom. The topological polar surface area (TPSA) is 83.8 Å². The van der Waals surface area contributed by atoms with Crippen LogP contribution in [-0.2, 0) is 0 Å². The summed E-state index contributed by atoms with van der Waals surface area (Å²) in [5, 5.41) is 19.2. The van der Waals surface area contributed by atoms with E-state index in [0.717, 1.165) is 11.3 Å². The zero-order valence-corrected chi connectivity index (χ0v) is 11.8. The summed E-state index contributed by atoms with van der Waals surface area (Å²) in [5.74, 6) is 2.11. The van der Waals surface area contributed by atoms with E-state index >= 15 is 0 Å². The number of nitrogens with zero attached hydrogens (tertiary/aromatic N) is 3.